The minimum Gasteiger partial charge on any atom is -0.294 e. The second kappa shape index (κ2) is 6.10. The highest BCUT2D eigenvalue weighted by atomic mass is 79.9. The summed E-state index contributed by atoms with van der Waals surface area (Å²) in [6.07, 6.45) is 0.387. The van der Waals surface area contributed by atoms with Crippen LogP contribution in [-0.2, 0) is 5.33 Å². The van der Waals surface area contributed by atoms with Crippen molar-refractivity contribution in [3.05, 3.63) is 39.4 Å². The number of non-ortho nitro benzene ring substituents is 1. The van der Waals surface area contributed by atoms with Crippen molar-refractivity contribution in [2.45, 2.75) is 11.8 Å². The summed E-state index contributed by atoms with van der Waals surface area (Å²) < 4.78 is 0. The maximum atomic E-state index is 11.7. The third-order valence-corrected chi connectivity index (χ3v) is 3.07. The molecule has 0 aliphatic heterocycles. The van der Waals surface area contributed by atoms with Gasteiger partial charge in [-0.25, -0.2) is 0 Å². The molecule has 0 heterocycles. The van der Waals surface area contributed by atoms with Crippen molar-refractivity contribution in [3.8, 4) is 0 Å². The van der Waals surface area contributed by atoms with Crippen molar-refractivity contribution in [1.29, 1.82) is 0 Å². The van der Waals surface area contributed by atoms with Crippen molar-refractivity contribution in [2.24, 2.45) is 0 Å². The number of hydrogen-bond donors (Lipinski definition) is 0. The first-order valence-electron chi connectivity index (χ1n) is 4.52. The first kappa shape index (κ1) is 13.3. The molecular formula is C10H9Br2NO3. The van der Waals surface area contributed by atoms with Gasteiger partial charge in [0, 0.05) is 34.8 Å². The first-order valence-corrected chi connectivity index (χ1v) is 6.77. The van der Waals surface area contributed by atoms with Gasteiger partial charge in [0.05, 0.1) is 4.92 Å². The van der Waals surface area contributed by atoms with Crippen molar-refractivity contribution >= 4 is 43.3 Å². The molecule has 4 nitrogen and oxygen atoms in total. The molecule has 0 aliphatic carbocycles. The number of rotatable bonds is 5. The van der Waals surface area contributed by atoms with E-state index in [1.165, 1.54) is 18.2 Å². The number of nitro benzene ring substituents is 1. The van der Waals surface area contributed by atoms with Gasteiger partial charge in [-0.1, -0.05) is 31.9 Å². The summed E-state index contributed by atoms with van der Waals surface area (Å²) in [6.45, 7) is 0. The van der Waals surface area contributed by atoms with Crippen LogP contribution in [0.2, 0.25) is 0 Å². The van der Waals surface area contributed by atoms with Crippen LogP contribution in [0.4, 0.5) is 5.69 Å². The van der Waals surface area contributed by atoms with Gasteiger partial charge >= 0.3 is 0 Å². The molecule has 0 spiro atoms. The number of nitrogens with zero attached hydrogens (tertiary/aromatic N) is 1. The molecule has 86 valence electrons. The molecule has 1 rings (SSSR count). The van der Waals surface area contributed by atoms with Crippen LogP contribution in [0.25, 0.3) is 0 Å². The van der Waals surface area contributed by atoms with E-state index in [0.717, 1.165) is 0 Å². The van der Waals surface area contributed by atoms with Gasteiger partial charge in [0.1, 0.15) is 0 Å². The number of carbonyl (C=O) groups is 1. The predicted octanol–water partition coefficient (Wildman–Crippen LogP) is 3.46. The Kier molecular flexibility index (Phi) is 5.08. The summed E-state index contributed by atoms with van der Waals surface area (Å²) in [5.74, 6) is -0.0128. The van der Waals surface area contributed by atoms with Gasteiger partial charge in [0.25, 0.3) is 5.69 Å². The molecule has 1 aromatic carbocycles. The van der Waals surface area contributed by atoms with E-state index in [9.17, 15) is 14.9 Å². The minimum absolute atomic E-state index is 0.00448. The molecule has 6 heteroatoms. The van der Waals surface area contributed by atoms with Crippen LogP contribution in [0.5, 0.6) is 0 Å². The predicted molar refractivity (Wildman–Crippen MR) is 68.5 cm³/mol. The van der Waals surface area contributed by atoms with Crippen molar-refractivity contribution < 1.29 is 9.72 Å². The highest BCUT2D eigenvalue weighted by Crippen LogP contribution is 2.21. The number of carbonyl (C=O) groups excluding carboxylic acids is 1. The number of nitro groups is 1. The van der Waals surface area contributed by atoms with Crippen molar-refractivity contribution in [1.82, 2.24) is 0 Å². The molecule has 0 aliphatic rings. The zero-order valence-corrected chi connectivity index (χ0v) is 11.5. The second-order valence-electron chi connectivity index (χ2n) is 3.09. The Balaban J connectivity index is 3.11. The van der Waals surface area contributed by atoms with Crippen LogP contribution in [0.15, 0.2) is 18.2 Å². The normalized spacial score (nSPS) is 10.1. The molecule has 0 fully saturated rings. The van der Waals surface area contributed by atoms with Gasteiger partial charge in [0.15, 0.2) is 5.78 Å². The summed E-state index contributed by atoms with van der Waals surface area (Å²) in [7, 11) is 0. The van der Waals surface area contributed by atoms with Crippen LogP contribution in [0.3, 0.4) is 0 Å². The fourth-order valence-corrected chi connectivity index (χ4v) is 2.12. The quantitative estimate of drug-likeness (QED) is 0.353. The Morgan fingerprint density at radius 1 is 1.38 bits per heavy atom. The number of Topliss-reactive ketones (excluding diaryl/α,β-unsaturated/α-hetero) is 1. The monoisotopic (exact) mass is 349 g/mol. The topological polar surface area (TPSA) is 60.2 Å². The van der Waals surface area contributed by atoms with E-state index >= 15 is 0 Å². The van der Waals surface area contributed by atoms with Crippen LogP contribution < -0.4 is 0 Å². The largest absolute Gasteiger partial charge is 0.294 e. The molecule has 0 N–H and O–H groups in total. The maximum absolute atomic E-state index is 11.7. The van der Waals surface area contributed by atoms with Gasteiger partial charge in [-0.2, -0.15) is 0 Å². The van der Waals surface area contributed by atoms with Gasteiger partial charge in [0.2, 0.25) is 0 Å². The van der Waals surface area contributed by atoms with E-state index in [-0.39, 0.29) is 11.5 Å². The van der Waals surface area contributed by atoms with E-state index in [4.69, 9.17) is 0 Å². The molecular weight excluding hydrogens is 342 g/mol. The number of alkyl halides is 2. The SMILES string of the molecule is O=C(CCBr)c1ccc([N+](=O)[O-])cc1CBr. The zero-order valence-electron chi connectivity index (χ0n) is 8.28. The zero-order chi connectivity index (χ0) is 12.1. The summed E-state index contributed by atoms with van der Waals surface area (Å²) in [5.41, 5.74) is 1.20. The third kappa shape index (κ3) is 3.12. The smallest absolute Gasteiger partial charge is 0.269 e. The Labute approximate surface area is 109 Å². The molecule has 0 radical (unpaired) electrons. The Hall–Kier alpha value is -0.750. The average Bonchev–Trinajstić information content (AvgIpc) is 2.28. The highest BCUT2D eigenvalue weighted by Gasteiger charge is 2.14. The molecule has 0 saturated carbocycles. The van der Waals surface area contributed by atoms with Crippen LogP contribution >= 0.6 is 31.9 Å². The van der Waals surface area contributed by atoms with Gasteiger partial charge in [-0.05, 0) is 11.6 Å². The lowest BCUT2D eigenvalue weighted by Crippen LogP contribution is -2.04. The van der Waals surface area contributed by atoms with Gasteiger partial charge < -0.3 is 0 Å². The number of halogens is 2. The maximum Gasteiger partial charge on any atom is 0.269 e. The fourth-order valence-electron chi connectivity index (χ4n) is 1.30. The van der Waals surface area contributed by atoms with Gasteiger partial charge in [-0.15, -0.1) is 0 Å². The standard InChI is InChI=1S/C10H9Br2NO3/c11-4-3-10(14)9-2-1-8(13(15)16)5-7(9)6-12/h1-2,5H,3-4,6H2. The molecule has 0 amide bonds. The summed E-state index contributed by atoms with van der Waals surface area (Å²) in [5, 5.41) is 11.6. The van der Waals surface area contributed by atoms with E-state index in [0.29, 0.717) is 28.2 Å². The lowest BCUT2D eigenvalue weighted by Gasteiger charge is -2.05. The number of ketones is 1. The van der Waals surface area contributed by atoms with Crippen LogP contribution in [0, 0.1) is 10.1 Å². The van der Waals surface area contributed by atoms with E-state index in [1.807, 2.05) is 0 Å². The lowest BCUT2D eigenvalue weighted by molar-refractivity contribution is -0.384. The van der Waals surface area contributed by atoms with Gasteiger partial charge in [-0.3, -0.25) is 14.9 Å². The fraction of sp³-hybridized carbons (Fsp3) is 0.300. The van der Waals surface area contributed by atoms with E-state index < -0.39 is 4.92 Å². The molecule has 1 aromatic rings. The minimum atomic E-state index is -0.467. The Morgan fingerprint density at radius 3 is 2.56 bits per heavy atom. The lowest BCUT2D eigenvalue weighted by atomic mass is 10.0. The second-order valence-corrected chi connectivity index (χ2v) is 4.45. The number of benzene rings is 1. The summed E-state index contributed by atoms with van der Waals surface area (Å²) >= 11 is 6.42. The summed E-state index contributed by atoms with van der Waals surface area (Å²) in [4.78, 5) is 21.8. The Bertz CT molecular complexity index is 421. The average molecular weight is 351 g/mol. The Morgan fingerprint density at radius 2 is 2.06 bits per heavy atom. The van der Waals surface area contributed by atoms with E-state index in [2.05, 4.69) is 31.9 Å². The molecule has 16 heavy (non-hydrogen) atoms. The molecule has 0 saturated heterocycles. The first-order chi connectivity index (χ1) is 7.60. The highest BCUT2D eigenvalue weighted by molar-refractivity contribution is 9.09. The molecule has 0 atom stereocenters. The van der Waals surface area contributed by atoms with Crippen molar-refractivity contribution in [3.63, 3.8) is 0 Å². The van der Waals surface area contributed by atoms with E-state index in [1.54, 1.807) is 0 Å². The number of hydrogen-bond acceptors (Lipinski definition) is 3. The van der Waals surface area contributed by atoms with Crippen LogP contribution in [-0.4, -0.2) is 16.0 Å². The summed E-state index contributed by atoms with van der Waals surface area (Å²) in [6, 6.07) is 4.30. The molecule has 0 aromatic heterocycles. The molecule has 0 unspecified atom stereocenters. The molecule has 0 bridgehead atoms. The third-order valence-electron chi connectivity index (χ3n) is 2.07. The van der Waals surface area contributed by atoms with Crippen molar-refractivity contribution in [2.75, 3.05) is 5.33 Å². The van der Waals surface area contributed by atoms with Crippen LogP contribution in [0.1, 0.15) is 22.3 Å².